The van der Waals surface area contributed by atoms with E-state index in [0.29, 0.717) is 27.6 Å². The Morgan fingerprint density at radius 3 is 2.18 bits per heavy atom. The lowest BCUT2D eigenvalue weighted by Crippen LogP contribution is -2.16. The summed E-state index contributed by atoms with van der Waals surface area (Å²) in [6.45, 7) is 2.26. The molecule has 0 saturated carbocycles. The summed E-state index contributed by atoms with van der Waals surface area (Å²) in [6.07, 6.45) is 18.7. The number of benzene rings is 2. The number of hydrogen-bond acceptors (Lipinski definition) is 5. The van der Waals surface area contributed by atoms with Crippen molar-refractivity contribution in [3.8, 4) is 5.75 Å². The van der Waals surface area contributed by atoms with Gasteiger partial charge in [-0.3, -0.25) is 4.79 Å². The molecule has 1 aromatic heterocycles. The average Bonchev–Trinajstić information content (AvgIpc) is 3.28. The van der Waals surface area contributed by atoms with Crippen LogP contribution in [0.15, 0.2) is 53.6 Å². The topological polar surface area (TPSA) is 67.8 Å². The Bertz CT molecular complexity index is 1210. The molecule has 1 N–H and O–H groups in total. The number of esters is 1. The van der Waals surface area contributed by atoms with Crippen molar-refractivity contribution in [2.24, 2.45) is 5.10 Å². The summed E-state index contributed by atoms with van der Waals surface area (Å²) in [6, 6.07) is 14.6. The number of nitrogens with one attached hydrogen (secondary N) is 1. The molecular weight excluding hydrogens is 528 g/mol. The van der Waals surface area contributed by atoms with E-state index in [4.69, 9.17) is 16.3 Å². The van der Waals surface area contributed by atoms with Crippen molar-refractivity contribution in [1.29, 1.82) is 0 Å². The lowest BCUT2D eigenvalue weighted by molar-refractivity contribution is -0.121. The molecule has 7 heteroatoms. The van der Waals surface area contributed by atoms with Gasteiger partial charge in [0.05, 0.1) is 11.2 Å². The van der Waals surface area contributed by atoms with Crippen LogP contribution in [-0.2, 0) is 4.79 Å². The van der Waals surface area contributed by atoms with Gasteiger partial charge in [-0.2, -0.15) is 5.10 Å². The quantitative estimate of drug-likeness (QED) is 0.0546. The zero-order valence-electron chi connectivity index (χ0n) is 23.1. The predicted molar refractivity (Wildman–Crippen MR) is 164 cm³/mol. The van der Waals surface area contributed by atoms with E-state index in [1.807, 2.05) is 30.3 Å². The molecule has 1 heterocycles. The minimum Gasteiger partial charge on any atom is -0.422 e. The van der Waals surface area contributed by atoms with Crippen LogP contribution in [0.4, 0.5) is 0 Å². The van der Waals surface area contributed by atoms with Crippen LogP contribution in [0, 0.1) is 0 Å². The van der Waals surface area contributed by atoms with Gasteiger partial charge in [0.15, 0.2) is 0 Å². The number of hydrogen-bond donors (Lipinski definition) is 1. The molecule has 0 spiro atoms. The number of fused-ring (bicyclic) bond motifs is 1. The SMILES string of the molecule is CCCCCCCCCCCCCCCC(=O)NN=Cc1cccc(OC(=O)c2sc3ccccc3c2Cl)c1. The van der Waals surface area contributed by atoms with Crippen molar-refractivity contribution < 1.29 is 14.3 Å². The van der Waals surface area contributed by atoms with E-state index in [1.165, 1.54) is 82.0 Å². The van der Waals surface area contributed by atoms with E-state index in [0.717, 1.165) is 22.9 Å². The second kappa shape index (κ2) is 17.8. The van der Waals surface area contributed by atoms with E-state index in [1.54, 1.807) is 24.4 Å². The van der Waals surface area contributed by atoms with Crippen LogP contribution >= 0.6 is 22.9 Å². The molecule has 0 saturated heterocycles. The fraction of sp³-hybridized carbons (Fsp3) is 0.469. The van der Waals surface area contributed by atoms with Gasteiger partial charge in [0.2, 0.25) is 5.91 Å². The summed E-state index contributed by atoms with van der Waals surface area (Å²) in [5.41, 5.74) is 3.30. The Kier molecular flexibility index (Phi) is 14.1. The second-order valence-electron chi connectivity index (χ2n) is 9.99. The van der Waals surface area contributed by atoms with Gasteiger partial charge in [0.1, 0.15) is 10.6 Å². The molecule has 0 aliphatic heterocycles. The van der Waals surface area contributed by atoms with Gasteiger partial charge in [-0.1, -0.05) is 126 Å². The maximum absolute atomic E-state index is 12.7. The van der Waals surface area contributed by atoms with E-state index < -0.39 is 5.97 Å². The van der Waals surface area contributed by atoms with Gasteiger partial charge in [0.25, 0.3) is 0 Å². The summed E-state index contributed by atoms with van der Waals surface area (Å²) >= 11 is 7.71. The number of ether oxygens (including phenoxy) is 1. The molecule has 0 aliphatic rings. The number of carbonyl (C=O) groups is 2. The third-order valence-corrected chi connectivity index (χ3v) is 8.35. The number of thiophene rings is 1. The van der Waals surface area contributed by atoms with Crippen LogP contribution in [0.3, 0.4) is 0 Å². The first-order valence-electron chi connectivity index (χ1n) is 14.4. The van der Waals surface area contributed by atoms with Crippen LogP contribution in [0.2, 0.25) is 5.02 Å². The highest BCUT2D eigenvalue weighted by Crippen LogP contribution is 2.35. The van der Waals surface area contributed by atoms with Crippen LogP contribution in [0.1, 0.15) is 112 Å². The molecule has 0 fully saturated rings. The number of rotatable bonds is 18. The van der Waals surface area contributed by atoms with Gasteiger partial charge in [-0.15, -0.1) is 11.3 Å². The molecule has 0 radical (unpaired) electrons. The molecule has 0 unspecified atom stereocenters. The maximum atomic E-state index is 12.7. The van der Waals surface area contributed by atoms with Gasteiger partial charge in [-0.25, -0.2) is 10.2 Å². The molecule has 1 amide bonds. The molecule has 2 aromatic carbocycles. The van der Waals surface area contributed by atoms with E-state index in [2.05, 4.69) is 17.5 Å². The van der Waals surface area contributed by atoms with Gasteiger partial charge in [0, 0.05) is 16.5 Å². The van der Waals surface area contributed by atoms with Crippen LogP contribution in [-0.4, -0.2) is 18.1 Å². The minimum atomic E-state index is -0.499. The number of halogens is 1. The van der Waals surface area contributed by atoms with Crippen molar-refractivity contribution >= 4 is 51.1 Å². The highest BCUT2D eigenvalue weighted by Gasteiger charge is 2.19. The second-order valence-corrected chi connectivity index (χ2v) is 11.4. The smallest absolute Gasteiger partial charge is 0.355 e. The monoisotopic (exact) mass is 568 g/mol. The molecule has 0 aliphatic carbocycles. The highest BCUT2D eigenvalue weighted by molar-refractivity contribution is 7.21. The first-order valence-corrected chi connectivity index (χ1v) is 15.6. The highest BCUT2D eigenvalue weighted by atomic mass is 35.5. The number of carbonyl (C=O) groups excluding carboxylic acids is 2. The lowest BCUT2D eigenvalue weighted by atomic mass is 10.0. The number of nitrogens with zero attached hydrogens (tertiary/aromatic N) is 1. The largest absolute Gasteiger partial charge is 0.422 e. The molecule has 5 nitrogen and oxygen atoms in total. The van der Waals surface area contributed by atoms with Crippen molar-refractivity contribution in [1.82, 2.24) is 5.43 Å². The Morgan fingerprint density at radius 1 is 0.872 bits per heavy atom. The van der Waals surface area contributed by atoms with Crippen LogP contribution < -0.4 is 10.2 Å². The van der Waals surface area contributed by atoms with E-state index in [9.17, 15) is 9.59 Å². The van der Waals surface area contributed by atoms with Gasteiger partial charge in [-0.05, 0) is 30.2 Å². The standard InChI is InChI=1S/C32H41ClN2O3S/c1-2-3-4-5-6-7-8-9-10-11-12-13-14-22-29(36)35-34-24-25-18-17-19-26(23-25)38-32(37)31-30(33)27-20-15-16-21-28(27)39-31/h15-21,23-24H,2-14,22H2,1H3,(H,35,36). The first-order chi connectivity index (χ1) is 19.1. The number of unbranched alkanes of at least 4 members (excludes halogenated alkanes) is 12. The molecule has 0 bridgehead atoms. The Labute approximate surface area is 242 Å². The maximum Gasteiger partial charge on any atom is 0.355 e. The third-order valence-electron chi connectivity index (χ3n) is 6.70. The summed E-state index contributed by atoms with van der Waals surface area (Å²) in [7, 11) is 0. The fourth-order valence-corrected chi connectivity index (χ4v) is 5.88. The molecular formula is C32H41ClN2O3S. The van der Waals surface area contributed by atoms with Crippen LogP contribution in [0.25, 0.3) is 10.1 Å². The van der Waals surface area contributed by atoms with Gasteiger partial charge < -0.3 is 4.74 Å². The minimum absolute atomic E-state index is 0.0868. The molecule has 0 atom stereocenters. The molecule has 39 heavy (non-hydrogen) atoms. The first kappa shape index (κ1) is 30.8. The number of amides is 1. The number of hydrazone groups is 1. The summed E-state index contributed by atoms with van der Waals surface area (Å²) in [4.78, 5) is 25.2. The Hall–Kier alpha value is -2.70. The predicted octanol–water partition coefficient (Wildman–Crippen LogP) is 9.71. The van der Waals surface area contributed by atoms with Crippen molar-refractivity contribution in [2.75, 3.05) is 0 Å². The van der Waals surface area contributed by atoms with E-state index >= 15 is 0 Å². The zero-order chi connectivity index (χ0) is 27.7. The third kappa shape index (κ3) is 11.1. The normalized spacial score (nSPS) is 11.3. The summed E-state index contributed by atoms with van der Waals surface area (Å²) in [5, 5.41) is 5.31. The molecule has 3 aromatic rings. The Balaban J connectivity index is 1.28. The fourth-order valence-electron chi connectivity index (χ4n) is 4.50. The zero-order valence-corrected chi connectivity index (χ0v) is 24.6. The molecule has 210 valence electrons. The van der Waals surface area contributed by atoms with Crippen molar-refractivity contribution in [2.45, 2.75) is 96.8 Å². The Morgan fingerprint density at radius 2 is 1.51 bits per heavy atom. The van der Waals surface area contributed by atoms with Crippen molar-refractivity contribution in [3.05, 3.63) is 64.0 Å². The summed E-state index contributed by atoms with van der Waals surface area (Å²) in [5.74, 6) is -0.200. The van der Waals surface area contributed by atoms with Crippen LogP contribution in [0.5, 0.6) is 5.75 Å². The lowest BCUT2D eigenvalue weighted by Gasteiger charge is -2.04. The van der Waals surface area contributed by atoms with Gasteiger partial charge >= 0.3 is 5.97 Å². The molecule has 3 rings (SSSR count). The average molecular weight is 569 g/mol. The van der Waals surface area contributed by atoms with E-state index in [-0.39, 0.29) is 5.91 Å². The summed E-state index contributed by atoms with van der Waals surface area (Å²) < 4.78 is 6.48. The van der Waals surface area contributed by atoms with Crippen molar-refractivity contribution in [3.63, 3.8) is 0 Å².